The maximum atomic E-state index is 15.1. The molecule has 302 valence electrons. The molecule has 2 heterocycles. The number of nitrogens with one attached hydrogen (secondary N) is 3. The average molecular weight is 796 g/mol. The molecule has 1 fully saturated rings. The molecule has 0 spiro atoms. The lowest BCUT2D eigenvalue weighted by atomic mass is 9.79. The molecule has 0 bridgehead atoms. The summed E-state index contributed by atoms with van der Waals surface area (Å²) in [6, 6.07) is 30.4. The SMILES string of the molecule is C.Cc1cc(C(=O)Nc2cc(C(N)(CCC3CC3)c3ccc(C#N)cc3)ccc2F)n(-c2cccc(C(=N)N)c2)n1.Cc1cc(C(=O)O)n(-c2cccc(C(=N)N)c2)n1. The molecule has 0 radical (unpaired) electrons. The molecule has 1 aliphatic rings. The second kappa shape index (κ2) is 17.8. The number of nitriles is 1. The number of hydrogen-bond donors (Lipinski definition) is 7. The van der Waals surface area contributed by atoms with Gasteiger partial charge in [0.15, 0.2) is 5.69 Å². The number of hydrogen-bond acceptors (Lipinski definition) is 8. The van der Waals surface area contributed by atoms with E-state index in [1.165, 1.54) is 34.3 Å². The zero-order valence-electron chi connectivity index (χ0n) is 31.8. The minimum atomic E-state index is -1.05. The van der Waals surface area contributed by atoms with Gasteiger partial charge in [0.2, 0.25) is 0 Å². The highest BCUT2D eigenvalue weighted by Crippen LogP contribution is 2.40. The van der Waals surface area contributed by atoms with Crippen LogP contribution in [0.2, 0.25) is 0 Å². The molecule has 1 amide bonds. The van der Waals surface area contributed by atoms with Crippen LogP contribution in [0.4, 0.5) is 10.1 Å². The number of nitrogens with zero attached hydrogens (tertiary/aromatic N) is 5. The molecule has 14 nitrogen and oxygen atoms in total. The van der Waals surface area contributed by atoms with Gasteiger partial charge >= 0.3 is 5.97 Å². The number of amides is 1. The van der Waals surface area contributed by atoms with E-state index in [1.807, 2.05) is 12.1 Å². The molecule has 1 aliphatic carbocycles. The summed E-state index contributed by atoms with van der Waals surface area (Å²) in [5, 5.41) is 44.7. The Hall–Kier alpha value is -7.44. The van der Waals surface area contributed by atoms with Crippen molar-refractivity contribution in [1.29, 1.82) is 16.1 Å². The summed E-state index contributed by atoms with van der Waals surface area (Å²) in [4.78, 5) is 24.5. The Kier molecular flexibility index (Phi) is 12.9. The van der Waals surface area contributed by atoms with E-state index >= 15 is 4.39 Å². The molecule has 1 unspecified atom stereocenters. The summed E-state index contributed by atoms with van der Waals surface area (Å²) in [6.07, 6.45) is 3.92. The smallest absolute Gasteiger partial charge is 0.354 e. The van der Waals surface area contributed by atoms with Crippen LogP contribution in [-0.2, 0) is 5.54 Å². The largest absolute Gasteiger partial charge is 0.477 e. The first kappa shape index (κ1) is 42.7. The number of aromatic carboxylic acids is 1. The van der Waals surface area contributed by atoms with E-state index < -0.39 is 23.2 Å². The maximum Gasteiger partial charge on any atom is 0.354 e. The number of halogens is 1. The van der Waals surface area contributed by atoms with E-state index in [1.54, 1.807) is 92.7 Å². The summed E-state index contributed by atoms with van der Waals surface area (Å²) in [5.74, 6) is -1.75. The first-order chi connectivity index (χ1) is 27.7. The molecule has 10 N–H and O–H groups in total. The van der Waals surface area contributed by atoms with Crippen molar-refractivity contribution in [3.63, 3.8) is 0 Å². The molecule has 0 aliphatic heterocycles. The first-order valence-corrected chi connectivity index (χ1v) is 18.3. The Morgan fingerprint density at radius 3 is 1.88 bits per heavy atom. The van der Waals surface area contributed by atoms with Gasteiger partial charge in [-0.25, -0.2) is 18.5 Å². The zero-order chi connectivity index (χ0) is 41.7. The zero-order valence-corrected chi connectivity index (χ0v) is 31.8. The van der Waals surface area contributed by atoms with Gasteiger partial charge in [0.25, 0.3) is 5.91 Å². The van der Waals surface area contributed by atoms with Gasteiger partial charge in [-0.1, -0.05) is 62.7 Å². The van der Waals surface area contributed by atoms with Crippen LogP contribution in [0.25, 0.3) is 11.4 Å². The van der Waals surface area contributed by atoms with Gasteiger partial charge in [-0.3, -0.25) is 15.6 Å². The number of nitrogen functional groups attached to an aromatic ring is 2. The highest BCUT2D eigenvalue weighted by molar-refractivity contribution is 6.04. The van der Waals surface area contributed by atoms with Crippen molar-refractivity contribution in [3.8, 4) is 17.4 Å². The van der Waals surface area contributed by atoms with Crippen molar-refractivity contribution in [2.24, 2.45) is 23.1 Å². The number of aromatic nitrogens is 4. The van der Waals surface area contributed by atoms with E-state index in [9.17, 15) is 14.9 Å². The molecule has 1 atom stereocenters. The molecule has 4 aromatic carbocycles. The standard InChI is InChI=1S/C31H30FN7O.C12H12N4O2.CH4/c1-19-15-28(39(38-19)25-4-2-3-22(16-25)29(34)35)30(40)37-27-17-24(11-12-26(27)32)31(36,14-13-20-5-6-20)23-9-7-21(18-33)8-10-23;1-7-5-10(12(17)18)16(15-7)9-4-2-3-8(6-9)11(13)14;/h2-4,7-12,15-17,20H,5-6,13-14,36H2,1H3,(H3,34,35)(H,37,40);2-6H,1H3,(H3,13,14)(H,17,18);1H4. The minimum absolute atomic E-state index is 0. The topological polar surface area (TPSA) is 252 Å². The van der Waals surface area contributed by atoms with Gasteiger partial charge in [-0.15, -0.1) is 0 Å². The molecule has 7 rings (SSSR count). The van der Waals surface area contributed by atoms with Gasteiger partial charge in [0.1, 0.15) is 23.2 Å². The van der Waals surface area contributed by atoms with Crippen LogP contribution in [0.1, 0.15) is 93.3 Å². The van der Waals surface area contributed by atoms with Crippen LogP contribution < -0.4 is 22.5 Å². The monoisotopic (exact) mass is 795 g/mol. The van der Waals surface area contributed by atoms with Crippen LogP contribution in [0, 0.1) is 47.7 Å². The van der Waals surface area contributed by atoms with Crippen molar-refractivity contribution in [2.45, 2.75) is 52.5 Å². The highest BCUT2D eigenvalue weighted by Gasteiger charge is 2.34. The summed E-state index contributed by atoms with van der Waals surface area (Å²) < 4.78 is 17.8. The molecular formula is C44H46FN11O3. The van der Waals surface area contributed by atoms with Crippen LogP contribution >= 0.6 is 0 Å². The molecule has 1 saturated carbocycles. The number of aryl methyl sites for hydroxylation is 2. The number of nitrogens with two attached hydrogens (primary N) is 3. The van der Waals surface area contributed by atoms with Crippen LogP contribution in [-0.4, -0.2) is 48.2 Å². The number of carbonyl (C=O) groups excluding carboxylic acids is 1. The summed E-state index contributed by atoms with van der Waals surface area (Å²) >= 11 is 0. The highest BCUT2D eigenvalue weighted by atomic mass is 19.1. The Balaban J connectivity index is 0.000000292. The Morgan fingerprint density at radius 1 is 0.847 bits per heavy atom. The molecule has 0 saturated heterocycles. The van der Waals surface area contributed by atoms with Crippen molar-refractivity contribution in [1.82, 2.24) is 19.6 Å². The number of benzene rings is 4. The summed E-state index contributed by atoms with van der Waals surface area (Å²) in [6.45, 7) is 3.47. The quantitative estimate of drug-likeness (QED) is 0.0501. The van der Waals surface area contributed by atoms with Gasteiger partial charge in [0.05, 0.1) is 45.6 Å². The normalized spacial score (nSPS) is 12.8. The van der Waals surface area contributed by atoms with Crippen molar-refractivity contribution < 1.29 is 19.1 Å². The Bertz CT molecular complexity index is 2590. The molecular weight excluding hydrogens is 750 g/mol. The lowest BCUT2D eigenvalue weighted by Crippen LogP contribution is -2.38. The van der Waals surface area contributed by atoms with E-state index in [0.717, 1.165) is 12.0 Å². The minimum Gasteiger partial charge on any atom is -0.477 e. The summed E-state index contributed by atoms with van der Waals surface area (Å²) in [5.41, 5.74) is 22.8. The Labute approximate surface area is 341 Å². The van der Waals surface area contributed by atoms with E-state index in [4.69, 9.17) is 33.1 Å². The predicted molar refractivity (Wildman–Crippen MR) is 225 cm³/mol. The predicted octanol–water partition coefficient (Wildman–Crippen LogP) is 6.92. The van der Waals surface area contributed by atoms with Gasteiger partial charge in [-0.2, -0.15) is 15.5 Å². The Morgan fingerprint density at radius 2 is 1.37 bits per heavy atom. The van der Waals surface area contributed by atoms with Crippen molar-refractivity contribution in [2.75, 3.05) is 5.32 Å². The second-order valence-corrected chi connectivity index (χ2v) is 14.2. The van der Waals surface area contributed by atoms with Crippen LogP contribution in [0.15, 0.2) is 103 Å². The maximum absolute atomic E-state index is 15.1. The summed E-state index contributed by atoms with van der Waals surface area (Å²) in [7, 11) is 0. The number of amidine groups is 2. The lowest BCUT2D eigenvalue weighted by molar-refractivity contribution is 0.0686. The average Bonchev–Trinajstić information content (AvgIpc) is 3.84. The third-order valence-corrected chi connectivity index (χ3v) is 9.82. The third kappa shape index (κ3) is 9.75. The van der Waals surface area contributed by atoms with Crippen LogP contribution in [0.3, 0.4) is 0 Å². The number of anilines is 1. The molecule has 59 heavy (non-hydrogen) atoms. The first-order valence-electron chi connectivity index (χ1n) is 18.3. The van der Waals surface area contributed by atoms with Crippen molar-refractivity contribution in [3.05, 3.63) is 160 Å². The van der Waals surface area contributed by atoms with Gasteiger partial charge in [-0.05, 0) is 104 Å². The molecule has 15 heteroatoms. The van der Waals surface area contributed by atoms with E-state index in [-0.39, 0.29) is 36.2 Å². The van der Waals surface area contributed by atoms with Gasteiger partial charge in [0, 0.05) is 11.1 Å². The fourth-order valence-corrected chi connectivity index (χ4v) is 6.54. The lowest BCUT2D eigenvalue weighted by Gasteiger charge is -2.31. The number of rotatable bonds is 12. The fraction of sp³-hybridized carbons (Fsp3) is 0.205. The van der Waals surface area contributed by atoms with E-state index in [2.05, 4.69) is 21.6 Å². The van der Waals surface area contributed by atoms with Crippen molar-refractivity contribution >= 4 is 29.2 Å². The number of carbonyl (C=O) groups is 2. The number of carboxylic acids is 1. The molecule has 6 aromatic rings. The second-order valence-electron chi connectivity index (χ2n) is 14.2. The fourth-order valence-electron chi connectivity index (χ4n) is 6.54. The van der Waals surface area contributed by atoms with Gasteiger partial charge < -0.3 is 27.6 Å². The van der Waals surface area contributed by atoms with E-state index in [0.29, 0.717) is 57.4 Å². The number of carboxylic acid groups (broad SMARTS) is 1. The van der Waals surface area contributed by atoms with Crippen LogP contribution in [0.5, 0.6) is 0 Å². The third-order valence-electron chi connectivity index (χ3n) is 9.82. The molecule has 2 aromatic heterocycles.